The summed E-state index contributed by atoms with van der Waals surface area (Å²) in [6.45, 7) is 4.99. The normalized spacial score (nSPS) is 21.0. The Balaban J connectivity index is 1.30. The average molecular weight is 387 g/mol. The van der Waals surface area contributed by atoms with Gasteiger partial charge in [0.05, 0.1) is 6.54 Å². The number of carbonyl (C=O) groups excluding carboxylic acids is 2. The van der Waals surface area contributed by atoms with Crippen molar-refractivity contribution in [3.63, 3.8) is 0 Å². The van der Waals surface area contributed by atoms with Gasteiger partial charge in [0, 0.05) is 45.2 Å². The van der Waals surface area contributed by atoms with Crippen LogP contribution in [-0.4, -0.2) is 67.4 Å². The van der Waals surface area contributed by atoms with E-state index in [1.54, 1.807) is 7.05 Å². The maximum absolute atomic E-state index is 12.4. The van der Waals surface area contributed by atoms with E-state index in [0.717, 1.165) is 58.4 Å². The Morgan fingerprint density at radius 2 is 1.82 bits per heavy atom. The Bertz CT molecular complexity index is 629. The maximum atomic E-state index is 12.4. The molecule has 0 aromatic heterocycles. The second kappa shape index (κ2) is 10.6. The highest BCUT2D eigenvalue weighted by atomic mass is 16.2. The zero-order valence-electron chi connectivity index (χ0n) is 17.0. The van der Waals surface area contributed by atoms with Crippen LogP contribution >= 0.6 is 0 Å². The van der Waals surface area contributed by atoms with Crippen LogP contribution < -0.4 is 10.6 Å². The van der Waals surface area contributed by atoms with E-state index in [1.165, 1.54) is 5.56 Å². The fourth-order valence-corrected chi connectivity index (χ4v) is 4.30. The van der Waals surface area contributed by atoms with Gasteiger partial charge < -0.3 is 15.5 Å². The Hall–Kier alpha value is -1.92. The van der Waals surface area contributed by atoms with Gasteiger partial charge in [-0.2, -0.15) is 0 Å². The Labute approximate surface area is 168 Å². The Morgan fingerprint density at radius 1 is 1.07 bits per heavy atom. The first-order chi connectivity index (χ1) is 13.6. The summed E-state index contributed by atoms with van der Waals surface area (Å²) >= 11 is 0. The lowest BCUT2D eigenvalue weighted by Gasteiger charge is -2.32. The maximum Gasteiger partial charge on any atom is 0.236 e. The van der Waals surface area contributed by atoms with E-state index in [0.29, 0.717) is 18.9 Å². The number of nitrogens with zero attached hydrogens (tertiary/aromatic N) is 2. The molecule has 2 N–H and O–H groups in total. The molecular formula is C22H34N4O2. The molecule has 3 rings (SSSR count). The molecule has 0 radical (unpaired) electrons. The molecule has 1 aromatic carbocycles. The van der Waals surface area contributed by atoms with Gasteiger partial charge in [0.2, 0.25) is 11.8 Å². The summed E-state index contributed by atoms with van der Waals surface area (Å²) in [6, 6.07) is 10.8. The van der Waals surface area contributed by atoms with Crippen molar-refractivity contribution in [3.8, 4) is 0 Å². The number of benzene rings is 1. The fraction of sp³-hybridized carbons (Fsp3) is 0.636. The highest BCUT2D eigenvalue weighted by molar-refractivity contribution is 5.78. The molecule has 0 saturated carbocycles. The molecule has 154 valence electrons. The van der Waals surface area contributed by atoms with E-state index < -0.39 is 0 Å². The van der Waals surface area contributed by atoms with Gasteiger partial charge in [-0.3, -0.25) is 14.5 Å². The second-order valence-electron chi connectivity index (χ2n) is 8.17. The van der Waals surface area contributed by atoms with Crippen LogP contribution in [0.1, 0.15) is 37.7 Å². The topological polar surface area (TPSA) is 64.7 Å². The van der Waals surface area contributed by atoms with Crippen LogP contribution in [0.15, 0.2) is 30.3 Å². The summed E-state index contributed by atoms with van der Waals surface area (Å²) in [7, 11) is 1.80. The zero-order chi connectivity index (χ0) is 19.8. The summed E-state index contributed by atoms with van der Waals surface area (Å²) in [5.41, 5.74) is 1.33. The molecule has 2 fully saturated rings. The monoisotopic (exact) mass is 386 g/mol. The van der Waals surface area contributed by atoms with Crippen molar-refractivity contribution in [1.82, 2.24) is 20.4 Å². The minimum absolute atomic E-state index is 0.181. The van der Waals surface area contributed by atoms with E-state index in [1.807, 2.05) is 11.0 Å². The van der Waals surface area contributed by atoms with Gasteiger partial charge in [0.15, 0.2) is 0 Å². The van der Waals surface area contributed by atoms with Crippen molar-refractivity contribution in [2.75, 3.05) is 39.8 Å². The average Bonchev–Trinajstić information content (AvgIpc) is 3.14. The molecule has 1 atom stereocenters. The first kappa shape index (κ1) is 20.8. The SMILES string of the molecule is CNCC(=O)N1CCC(CCC(=O)N[C@H]2CCN(Cc3ccccc3)C2)CC1. The molecule has 2 saturated heterocycles. The largest absolute Gasteiger partial charge is 0.352 e. The number of rotatable bonds is 8. The fourth-order valence-electron chi connectivity index (χ4n) is 4.30. The van der Waals surface area contributed by atoms with E-state index in [9.17, 15) is 9.59 Å². The van der Waals surface area contributed by atoms with E-state index in [-0.39, 0.29) is 17.9 Å². The number of carbonyl (C=O) groups is 2. The third-order valence-corrected chi connectivity index (χ3v) is 5.96. The first-order valence-electron chi connectivity index (χ1n) is 10.6. The lowest BCUT2D eigenvalue weighted by atomic mass is 9.92. The van der Waals surface area contributed by atoms with Crippen LogP contribution in [0, 0.1) is 5.92 Å². The molecule has 1 aromatic rings. The summed E-state index contributed by atoms with van der Waals surface area (Å²) < 4.78 is 0. The van der Waals surface area contributed by atoms with Crippen LogP contribution in [0.2, 0.25) is 0 Å². The molecule has 6 heteroatoms. The van der Waals surface area contributed by atoms with Gasteiger partial charge in [-0.1, -0.05) is 30.3 Å². The molecule has 2 amide bonds. The minimum atomic E-state index is 0.181. The van der Waals surface area contributed by atoms with E-state index in [4.69, 9.17) is 0 Å². The molecule has 0 bridgehead atoms. The Morgan fingerprint density at radius 3 is 2.54 bits per heavy atom. The number of hydrogen-bond donors (Lipinski definition) is 2. The lowest BCUT2D eigenvalue weighted by molar-refractivity contribution is -0.131. The Kier molecular flexibility index (Phi) is 7.86. The predicted octanol–water partition coefficient (Wildman–Crippen LogP) is 1.62. The van der Waals surface area contributed by atoms with Gasteiger partial charge in [0.25, 0.3) is 0 Å². The lowest BCUT2D eigenvalue weighted by Crippen LogP contribution is -2.42. The third kappa shape index (κ3) is 6.31. The predicted molar refractivity (Wildman–Crippen MR) is 111 cm³/mol. The van der Waals surface area contributed by atoms with Crippen LogP contribution in [0.4, 0.5) is 0 Å². The van der Waals surface area contributed by atoms with Gasteiger partial charge in [-0.05, 0) is 44.2 Å². The summed E-state index contributed by atoms with van der Waals surface area (Å²) in [4.78, 5) is 28.6. The van der Waals surface area contributed by atoms with Crippen molar-refractivity contribution >= 4 is 11.8 Å². The van der Waals surface area contributed by atoms with Gasteiger partial charge in [0.1, 0.15) is 0 Å². The van der Waals surface area contributed by atoms with Gasteiger partial charge >= 0.3 is 0 Å². The van der Waals surface area contributed by atoms with Crippen molar-refractivity contribution in [3.05, 3.63) is 35.9 Å². The highest BCUT2D eigenvalue weighted by Gasteiger charge is 2.25. The van der Waals surface area contributed by atoms with Crippen LogP contribution in [0.25, 0.3) is 0 Å². The van der Waals surface area contributed by atoms with Crippen molar-refractivity contribution in [2.45, 2.75) is 44.7 Å². The van der Waals surface area contributed by atoms with Crippen LogP contribution in [0.3, 0.4) is 0 Å². The number of amides is 2. The molecule has 28 heavy (non-hydrogen) atoms. The highest BCUT2D eigenvalue weighted by Crippen LogP contribution is 2.22. The number of likely N-dealkylation sites (N-methyl/N-ethyl adjacent to an activating group) is 1. The summed E-state index contributed by atoms with van der Waals surface area (Å²) in [5, 5.41) is 6.14. The molecule has 0 spiro atoms. The summed E-state index contributed by atoms with van der Waals surface area (Å²) in [5.74, 6) is 0.919. The molecule has 2 aliphatic rings. The summed E-state index contributed by atoms with van der Waals surface area (Å²) in [6.07, 6.45) is 4.59. The number of nitrogens with one attached hydrogen (secondary N) is 2. The standard InChI is InChI=1S/C22H34N4O2/c1-23-15-22(28)26-13-9-18(10-14-26)7-8-21(27)24-20-11-12-25(17-20)16-19-5-3-2-4-6-19/h2-6,18,20,23H,7-17H2,1H3,(H,24,27)/t20-/m0/s1. The van der Waals surface area contributed by atoms with Gasteiger partial charge in [-0.15, -0.1) is 0 Å². The molecule has 2 aliphatic heterocycles. The smallest absolute Gasteiger partial charge is 0.236 e. The molecule has 6 nitrogen and oxygen atoms in total. The quantitative estimate of drug-likeness (QED) is 0.713. The van der Waals surface area contributed by atoms with E-state index in [2.05, 4.69) is 39.8 Å². The number of likely N-dealkylation sites (tertiary alicyclic amines) is 2. The second-order valence-corrected chi connectivity index (χ2v) is 8.17. The zero-order valence-corrected chi connectivity index (χ0v) is 17.0. The number of piperidine rings is 1. The van der Waals surface area contributed by atoms with E-state index >= 15 is 0 Å². The third-order valence-electron chi connectivity index (χ3n) is 5.96. The molecular weight excluding hydrogens is 352 g/mol. The minimum Gasteiger partial charge on any atom is -0.352 e. The molecule has 2 heterocycles. The van der Waals surface area contributed by atoms with Gasteiger partial charge in [-0.25, -0.2) is 0 Å². The first-order valence-corrected chi connectivity index (χ1v) is 10.6. The number of hydrogen-bond acceptors (Lipinski definition) is 4. The van der Waals surface area contributed by atoms with Crippen LogP contribution in [0.5, 0.6) is 0 Å². The molecule has 0 unspecified atom stereocenters. The van der Waals surface area contributed by atoms with Crippen molar-refractivity contribution < 1.29 is 9.59 Å². The molecule has 0 aliphatic carbocycles. The van der Waals surface area contributed by atoms with Crippen LogP contribution in [-0.2, 0) is 16.1 Å². The van der Waals surface area contributed by atoms with Crippen molar-refractivity contribution in [2.24, 2.45) is 5.92 Å². The van der Waals surface area contributed by atoms with Crippen molar-refractivity contribution in [1.29, 1.82) is 0 Å².